The van der Waals surface area contributed by atoms with Crippen molar-refractivity contribution in [2.75, 3.05) is 5.32 Å². The number of nitrogens with zero attached hydrogens (tertiary/aromatic N) is 4. The maximum Gasteiger partial charge on any atom is 0.420 e. The number of pyridine rings is 2. The molecule has 0 radical (unpaired) electrons. The van der Waals surface area contributed by atoms with Gasteiger partial charge in [-0.05, 0) is 24.3 Å². The van der Waals surface area contributed by atoms with Crippen LogP contribution in [0.15, 0.2) is 43.0 Å². The van der Waals surface area contributed by atoms with E-state index in [2.05, 4.69) is 20.3 Å². The van der Waals surface area contributed by atoms with Crippen LogP contribution < -0.4 is 5.32 Å². The molecular weight excluding hydrogens is 487 g/mol. The number of hydrogen-bond acceptors (Lipinski definition) is 4. The van der Waals surface area contributed by atoms with Crippen molar-refractivity contribution in [1.82, 2.24) is 19.5 Å². The standard InChI is InChI=1S/C18H9Cl2F6N5O/c19-14-15(20)31(8-29-14)16-12(18(24,25)26)5-11(7-28-16)30-13(32)4-3-10-2-1-9(6-27-10)17(21,22)23/h1-8H,(H,30,32)/b4-3+. The summed E-state index contributed by atoms with van der Waals surface area (Å²) in [6.45, 7) is 0. The molecule has 14 heteroatoms. The fourth-order valence-electron chi connectivity index (χ4n) is 2.40. The highest BCUT2D eigenvalue weighted by atomic mass is 35.5. The van der Waals surface area contributed by atoms with Crippen molar-refractivity contribution in [2.45, 2.75) is 12.4 Å². The summed E-state index contributed by atoms with van der Waals surface area (Å²) in [6.07, 6.45) is -4.93. The highest BCUT2D eigenvalue weighted by molar-refractivity contribution is 6.40. The number of amides is 1. The smallest absolute Gasteiger partial charge is 0.321 e. The molecule has 0 unspecified atom stereocenters. The third kappa shape index (κ3) is 5.37. The molecule has 168 valence electrons. The molecule has 3 rings (SSSR count). The first-order valence-corrected chi connectivity index (χ1v) is 9.10. The number of hydrogen-bond donors (Lipinski definition) is 1. The van der Waals surface area contributed by atoms with Crippen molar-refractivity contribution in [3.63, 3.8) is 0 Å². The Balaban J connectivity index is 1.80. The Labute approximate surface area is 185 Å². The topological polar surface area (TPSA) is 72.7 Å². The molecule has 0 atom stereocenters. The molecular formula is C18H9Cl2F6N5O. The van der Waals surface area contributed by atoms with E-state index in [1.54, 1.807) is 0 Å². The average molecular weight is 496 g/mol. The molecule has 0 spiro atoms. The maximum absolute atomic E-state index is 13.5. The van der Waals surface area contributed by atoms with Crippen LogP contribution in [0.25, 0.3) is 11.9 Å². The van der Waals surface area contributed by atoms with Gasteiger partial charge in [0.1, 0.15) is 11.9 Å². The van der Waals surface area contributed by atoms with Crippen molar-refractivity contribution in [3.05, 3.63) is 70.1 Å². The third-order valence-corrected chi connectivity index (χ3v) is 4.59. The lowest BCUT2D eigenvalue weighted by Gasteiger charge is -2.14. The summed E-state index contributed by atoms with van der Waals surface area (Å²) < 4.78 is 78.9. The molecule has 0 fully saturated rings. The van der Waals surface area contributed by atoms with Crippen LogP contribution in [0, 0.1) is 0 Å². The monoisotopic (exact) mass is 495 g/mol. The van der Waals surface area contributed by atoms with Crippen molar-refractivity contribution in [2.24, 2.45) is 0 Å². The summed E-state index contributed by atoms with van der Waals surface area (Å²) in [4.78, 5) is 22.9. The Hall–Kier alpha value is -3.12. The van der Waals surface area contributed by atoms with Gasteiger partial charge in [-0.3, -0.25) is 14.3 Å². The van der Waals surface area contributed by atoms with Crippen LogP contribution in [0.1, 0.15) is 16.8 Å². The van der Waals surface area contributed by atoms with Gasteiger partial charge in [-0.1, -0.05) is 23.2 Å². The van der Waals surface area contributed by atoms with Gasteiger partial charge >= 0.3 is 12.4 Å². The van der Waals surface area contributed by atoms with Crippen molar-refractivity contribution in [1.29, 1.82) is 0 Å². The fourth-order valence-corrected chi connectivity index (χ4v) is 2.71. The number of halogens is 8. The van der Waals surface area contributed by atoms with E-state index < -0.39 is 35.2 Å². The molecule has 1 N–H and O–H groups in total. The van der Waals surface area contributed by atoms with E-state index in [1.807, 2.05) is 0 Å². The second-order valence-corrected chi connectivity index (χ2v) is 6.80. The van der Waals surface area contributed by atoms with Gasteiger partial charge in [0.05, 0.1) is 23.1 Å². The fraction of sp³-hybridized carbons (Fsp3) is 0.111. The number of carbonyl (C=O) groups is 1. The van der Waals surface area contributed by atoms with Crippen LogP contribution in [0.2, 0.25) is 10.3 Å². The molecule has 3 aromatic heterocycles. The minimum absolute atomic E-state index is 0.0317. The molecule has 0 aliphatic heterocycles. The first kappa shape index (κ1) is 23.5. The van der Waals surface area contributed by atoms with E-state index in [0.29, 0.717) is 12.3 Å². The molecule has 0 aromatic carbocycles. The van der Waals surface area contributed by atoms with Crippen molar-refractivity contribution < 1.29 is 31.1 Å². The van der Waals surface area contributed by atoms with Crippen LogP contribution in [0.5, 0.6) is 0 Å². The van der Waals surface area contributed by atoms with E-state index in [-0.39, 0.29) is 21.7 Å². The first-order chi connectivity index (χ1) is 14.9. The van der Waals surface area contributed by atoms with E-state index in [4.69, 9.17) is 23.2 Å². The highest BCUT2D eigenvalue weighted by Gasteiger charge is 2.36. The summed E-state index contributed by atoms with van der Waals surface area (Å²) in [5, 5.41) is 1.67. The van der Waals surface area contributed by atoms with Gasteiger partial charge in [0.25, 0.3) is 0 Å². The molecule has 0 bridgehead atoms. The van der Waals surface area contributed by atoms with Gasteiger partial charge in [0, 0.05) is 12.3 Å². The predicted octanol–water partition coefficient (Wildman–Crippen LogP) is 5.66. The molecule has 32 heavy (non-hydrogen) atoms. The summed E-state index contributed by atoms with van der Waals surface area (Å²) >= 11 is 11.5. The SMILES string of the molecule is O=C(/C=C/c1ccc(C(F)(F)F)cn1)Nc1cnc(-n2cnc(Cl)c2Cl)c(C(F)(F)F)c1. The van der Waals surface area contributed by atoms with Crippen LogP contribution in [0.3, 0.4) is 0 Å². The van der Waals surface area contributed by atoms with Gasteiger partial charge in [-0.25, -0.2) is 9.97 Å². The average Bonchev–Trinajstić information content (AvgIpc) is 3.04. The lowest BCUT2D eigenvalue weighted by Crippen LogP contribution is -2.15. The molecule has 6 nitrogen and oxygen atoms in total. The van der Waals surface area contributed by atoms with Gasteiger partial charge < -0.3 is 5.32 Å². The highest BCUT2D eigenvalue weighted by Crippen LogP contribution is 2.36. The maximum atomic E-state index is 13.5. The third-order valence-electron chi connectivity index (χ3n) is 3.86. The van der Waals surface area contributed by atoms with Crippen molar-refractivity contribution in [3.8, 4) is 5.82 Å². The van der Waals surface area contributed by atoms with Gasteiger partial charge in [-0.2, -0.15) is 26.3 Å². The van der Waals surface area contributed by atoms with E-state index in [9.17, 15) is 31.1 Å². The predicted molar refractivity (Wildman–Crippen MR) is 103 cm³/mol. The summed E-state index contributed by atoms with van der Waals surface area (Å²) in [7, 11) is 0. The van der Waals surface area contributed by atoms with E-state index >= 15 is 0 Å². The minimum Gasteiger partial charge on any atom is -0.321 e. The first-order valence-electron chi connectivity index (χ1n) is 8.34. The van der Waals surface area contributed by atoms with Gasteiger partial charge in [-0.15, -0.1) is 0 Å². The Morgan fingerprint density at radius 1 is 1.00 bits per heavy atom. The molecule has 0 aliphatic rings. The number of nitrogens with one attached hydrogen (secondary N) is 1. The Kier molecular flexibility index (Phi) is 6.46. The lowest BCUT2D eigenvalue weighted by molar-refractivity contribution is -0.138. The largest absolute Gasteiger partial charge is 0.420 e. The number of imidazole rings is 1. The Bertz CT molecular complexity index is 1170. The van der Waals surface area contributed by atoms with Gasteiger partial charge in [0.15, 0.2) is 16.1 Å². The second kappa shape index (κ2) is 8.79. The Morgan fingerprint density at radius 2 is 1.72 bits per heavy atom. The Morgan fingerprint density at radius 3 is 2.25 bits per heavy atom. The zero-order valence-corrected chi connectivity index (χ0v) is 16.9. The molecule has 1 amide bonds. The number of carbonyl (C=O) groups excluding carboxylic acids is 1. The summed E-state index contributed by atoms with van der Waals surface area (Å²) in [5.74, 6) is -1.47. The molecule has 0 saturated carbocycles. The molecule has 3 aromatic rings. The van der Waals surface area contributed by atoms with Crippen LogP contribution in [-0.4, -0.2) is 25.4 Å². The minimum atomic E-state index is -4.86. The van der Waals surface area contributed by atoms with E-state index in [0.717, 1.165) is 41.4 Å². The van der Waals surface area contributed by atoms with Gasteiger partial charge in [0.2, 0.25) is 5.91 Å². The van der Waals surface area contributed by atoms with Crippen LogP contribution in [-0.2, 0) is 17.1 Å². The quantitative estimate of drug-likeness (QED) is 0.374. The number of rotatable bonds is 4. The van der Waals surface area contributed by atoms with Crippen molar-refractivity contribution >= 4 is 40.9 Å². The summed E-state index contributed by atoms with van der Waals surface area (Å²) in [6, 6.07) is 2.44. The zero-order chi connectivity index (χ0) is 23.7. The van der Waals surface area contributed by atoms with Crippen LogP contribution in [0.4, 0.5) is 32.0 Å². The van der Waals surface area contributed by atoms with Crippen LogP contribution >= 0.6 is 23.2 Å². The lowest BCUT2D eigenvalue weighted by atomic mass is 10.2. The van der Waals surface area contributed by atoms with E-state index in [1.165, 1.54) is 0 Å². The molecule has 0 aliphatic carbocycles. The zero-order valence-electron chi connectivity index (χ0n) is 15.3. The normalized spacial score (nSPS) is 12.4. The molecule has 3 heterocycles. The number of anilines is 1. The number of alkyl halides is 6. The molecule has 0 saturated heterocycles. The summed E-state index contributed by atoms with van der Waals surface area (Å²) in [5.41, 5.74) is -2.45. The number of aromatic nitrogens is 4. The second-order valence-electron chi connectivity index (χ2n) is 6.08.